The molecule has 0 saturated heterocycles. The second-order valence-corrected chi connectivity index (χ2v) is 6.49. The summed E-state index contributed by atoms with van der Waals surface area (Å²) in [5.74, 6) is 1.96. The van der Waals surface area contributed by atoms with E-state index in [2.05, 4.69) is 19.2 Å². The third-order valence-corrected chi connectivity index (χ3v) is 5.22. The van der Waals surface area contributed by atoms with Crippen molar-refractivity contribution in [3.8, 4) is 0 Å². The van der Waals surface area contributed by atoms with Gasteiger partial charge in [0.1, 0.15) is 0 Å². The summed E-state index contributed by atoms with van der Waals surface area (Å²) in [5, 5.41) is 3.95. The molecule has 0 spiro atoms. The van der Waals surface area contributed by atoms with Gasteiger partial charge in [0.2, 0.25) is 0 Å². The minimum Gasteiger partial charge on any atom is -0.311 e. The van der Waals surface area contributed by atoms with Crippen LogP contribution in [-0.4, -0.2) is 12.1 Å². The van der Waals surface area contributed by atoms with Crippen molar-refractivity contribution in [3.05, 3.63) is 0 Å². The zero-order chi connectivity index (χ0) is 12.1. The van der Waals surface area contributed by atoms with Crippen LogP contribution in [0.15, 0.2) is 0 Å². The second-order valence-electron chi connectivity index (χ2n) is 6.49. The number of nitrogens with one attached hydrogen (secondary N) is 1. The van der Waals surface area contributed by atoms with E-state index in [9.17, 15) is 0 Å². The van der Waals surface area contributed by atoms with Gasteiger partial charge in [0.25, 0.3) is 0 Å². The lowest BCUT2D eigenvalue weighted by molar-refractivity contribution is 0.217. The molecule has 3 atom stereocenters. The molecule has 0 amide bonds. The van der Waals surface area contributed by atoms with Gasteiger partial charge in [0.05, 0.1) is 0 Å². The molecule has 0 bridgehead atoms. The molecular weight excluding hydrogens is 206 g/mol. The van der Waals surface area contributed by atoms with E-state index in [1.807, 2.05) is 0 Å². The Morgan fingerprint density at radius 1 is 1.00 bits per heavy atom. The molecule has 0 heterocycles. The fraction of sp³-hybridized carbons (Fsp3) is 1.00. The van der Waals surface area contributed by atoms with Crippen LogP contribution in [0.3, 0.4) is 0 Å². The highest BCUT2D eigenvalue weighted by molar-refractivity contribution is 4.83. The van der Waals surface area contributed by atoms with Crippen LogP contribution in [-0.2, 0) is 0 Å². The average molecular weight is 237 g/mol. The van der Waals surface area contributed by atoms with Gasteiger partial charge in [-0.25, -0.2) is 0 Å². The first-order valence-electron chi connectivity index (χ1n) is 8.05. The van der Waals surface area contributed by atoms with Gasteiger partial charge < -0.3 is 5.32 Å². The Bertz CT molecular complexity index is 208. The van der Waals surface area contributed by atoms with Crippen LogP contribution in [0.25, 0.3) is 0 Å². The van der Waals surface area contributed by atoms with Crippen LogP contribution in [0, 0.1) is 11.8 Å². The van der Waals surface area contributed by atoms with Crippen molar-refractivity contribution in [1.29, 1.82) is 0 Å². The molecule has 2 rings (SSSR count). The Kier molecular flexibility index (Phi) is 5.34. The predicted octanol–water partition coefficient (Wildman–Crippen LogP) is 4.51. The molecule has 1 nitrogen and oxygen atoms in total. The molecule has 17 heavy (non-hydrogen) atoms. The lowest BCUT2D eigenvalue weighted by atomic mass is 9.81. The highest BCUT2D eigenvalue weighted by atomic mass is 15.0. The molecule has 0 aromatic carbocycles. The SMILES string of the molecule is CCC1CCCC(N[C@@H](C)C2CCCCC2)C1. The van der Waals surface area contributed by atoms with Gasteiger partial charge in [0.15, 0.2) is 0 Å². The molecule has 1 heteroatoms. The maximum atomic E-state index is 3.95. The Morgan fingerprint density at radius 2 is 1.76 bits per heavy atom. The zero-order valence-electron chi connectivity index (χ0n) is 11.9. The summed E-state index contributed by atoms with van der Waals surface area (Å²) in [6, 6.07) is 1.58. The van der Waals surface area contributed by atoms with Gasteiger partial charge in [-0.15, -0.1) is 0 Å². The second kappa shape index (κ2) is 6.78. The highest BCUT2D eigenvalue weighted by Gasteiger charge is 2.25. The van der Waals surface area contributed by atoms with E-state index in [0.29, 0.717) is 0 Å². The smallest absolute Gasteiger partial charge is 0.00722 e. The minimum atomic E-state index is 0.760. The van der Waals surface area contributed by atoms with Crippen LogP contribution in [0.4, 0.5) is 0 Å². The molecule has 100 valence electrons. The summed E-state index contributed by atoms with van der Waals surface area (Å²) < 4.78 is 0. The molecule has 0 aromatic heterocycles. The molecular formula is C16H31N. The molecule has 0 radical (unpaired) electrons. The van der Waals surface area contributed by atoms with E-state index in [-0.39, 0.29) is 0 Å². The molecule has 2 fully saturated rings. The van der Waals surface area contributed by atoms with E-state index < -0.39 is 0 Å². The minimum absolute atomic E-state index is 0.760. The largest absolute Gasteiger partial charge is 0.311 e. The molecule has 0 aliphatic heterocycles. The molecule has 2 aliphatic rings. The fourth-order valence-electron chi connectivity index (χ4n) is 3.96. The van der Waals surface area contributed by atoms with Gasteiger partial charge in [0, 0.05) is 12.1 Å². The molecule has 0 aromatic rings. The topological polar surface area (TPSA) is 12.0 Å². The molecule has 1 N–H and O–H groups in total. The van der Waals surface area contributed by atoms with Crippen molar-refractivity contribution < 1.29 is 0 Å². The summed E-state index contributed by atoms with van der Waals surface area (Å²) in [6.07, 6.45) is 14.5. The Hall–Kier alpha value is -0.0400. The third-order valence-electron chi connectivity index (χ3n) is 5.22. The molecule has 2 aliphatic carbocycles. The van der Waals surface area contributed by atoms with Crippen LogP contribution in [0.1, 0.15) is 78.1 Å². The first-order valence-corrected chi connectivity index (χ1v) is 8.05. The van der Waals surface area contributed by atoms with Crippen LogP contribution in [0.5, 0.6) is 0 Å². The quantitative estimate of drug-likeness (QED) is 0.758. The van der Waals surface area contributed by atoms with Gasteiger partial charge in [-0.2, -0.15) is 0 Å². The summed E-state index contributed by atoms with van der Waals surface area (Å²) in [6.45, 7) is 4.79. The Balaban J connectivity index is 1.74. The Morgan fingerprint density at radius 3 is 2.47 bits per heavy atom. The third kappa shape index (κ3) is 3.98. The average Bonchev–Trinajstić information content (AvgIpc) is 2.40. The molecule has 2 unspecified atom stereocenters. The Labute approximate surface area is 108 Å². The van der Waals surface area contributed by atoms with E-state index in [1.54, 1.807) is 0 Å². The van der Waals surface area contributed by atoms with Crippen molar-refractivity contribution in [2.75, 3.05) is 0 Å². The number of rotatable bonds is 4. The van der Waals surface area contributed by atoms with Crippen LogP contribution >= 0.6 is 0 Å². The van der Waals surface area contributed by atoms with Crippen LogP contribution in [0.2, 0.25) is 0 Å². The first-order chi connectivity index (χ1) is 8.29. The molecule has 2 saturated carbocycles. The fourth-order valence-corrected chi connectivity index (χ4v) is 3.96. The predicted molar refractivity (Wildman–Crippen MR) is 75.2 cm³/mol. The van der Waals surface area contributed by atoms with Crippen molar-refractivity contribution >= 4 is 0 Å². The maximum Gasteiger partial charge on any atom is 0.00722 e. The van der Waals surface area contributed by atoms with E-state index in [1.165, 1.54) is 64.2 Å². The van der Waals surface area contributed by atoms with E-state index in [0.717, 1.165) is 23.9 Å². The maximum absolute atomic E-state index is 3.95. The van der Waals surface area contributed by atoms with Crippen molar-refractivity contribution in [2.24, 2.45) is 11.8 Å². The normalized spacial score (nSPS) is 33.5. The van der Waals surface area contributed by atoms with Crippen LogP contribution < -0.4 is 5.32 Å². The monoisotopic (exact) mass is 237 g/mol. The highest BCUT2D eigenvalue weighted by Crippen LogP contribution is 2.30. The lowest BCUT2D eigenvalue weighted by Crippen LogP contribution is -2.43. The number of hydrogen-bond acceptors (Lipinski definition) is 1. The first kappa shape index (κ1) is 13.4. The van der Waals surface area contributed by atoms with E-state index in [4.69, 9.17) is 0 Å². The summed E-state index contributed by atoms with van der Waals surface area (Å²) in [4.78, 5) is 0. The number of hydrogen-bond donors (Lipinski definition) is 1. The van der Waals surface area contributed by atoms with E-state index >= 15 is 0 Å². The zero-order valence-corrected chi connectivity index (χ0v) is 11.9. The summed E-state index contributed by atoms with van der Waals surface area (Å²) in [7, 11) is 0. The summed E-state index contributed by atoms with van der Waals surface area (Å²) >= 11 is 0. The van der Waals surface area contributed by atoms with Crippen molar-refractivity contribution in [3.63, 3.8) is 0 Å². The van der Waals surface area contributed by atoms with Crippen molar-refractivity contribution in [1.82, 2.24) is 5.32 Å². The lowest BCUT2D eigenvalue weighted by Gasteiger charge is -2.35. The van der Waals surface area contributed by atoms with Gasteiger partial charge in [-0.3, -0.25) is 0 Å². The van der Waals surface area contributed by atoms with Gasteiger partial charge in [-0.1, -0.05) is 45.4 Å². The summed E-state index contributed by atoms with van der Waals surface area (Å²) in [5.41, 5.74) is 0. The van der Waals surface area contributed by atoms with Crippen molar-refractivity contribution in [2.45, 2.75) is 90.1 Å². The van der Waals surface area contributed by atoms with Gasteiger partial charge in [-0.05, 0) is 44.4 Å². The standard InChI is InChI=1S/C16H31N/c1-3-14-8-7-11-16(12-14)17-13(2)15-9-5-4-6-10-15/h13-17H,3-12H2,1-2H3/t13-,14?,16?/m0/s1. The van der Waals surface area contributed by atoms with Gasteiger partial charge >= 0.3 is 0 Å².